The van der Waals surface area contributed by atoms with Crippen molar-refractivity contribution in [1.29, 1.82) is 0 Å². The van der Waals surface area contributed by atoms with Crippen LogP contribution in [0, 0.1) is 5.82 Å². The highest BCUT2D eigenvalue weighted by molar-refractivity contribution is 6.31. The molecule has 0 spiro atoms. The molecule has 1 fully saturated rings. The number of nitrogens with zero attached hydrogens (tertiary/aromatic N) is 3. The van der Waals surface area contributed by atoms with Gasteiger partial charge in [-0.1, -0.05) is 23.7 Å². The zero-order valence-electron chi connectivity index (χ0n) is 15.7. The predicted molar refractivity (Wildman–Crippen MR) is 113 cm³/mol. The van der Waals surface area contributed by atoms with Gasteiger partial charge >= 0.3 is 0 Å². The van der Waals surface area contributed by atoms with Crippen molar-refractivity contribution in [1.82, 2.24) is 9.97 Å². The van der Waals surface area contributed by atoms with E-state index < -0.39 is 5.82 Å². The van der Waals surface area contributed by atoms with Gasteiger partial charge in [-0.2, -0.15) is 0 Å². The number of anilines is 2. The molecule has 5 nitrogen and oxygen atoms in total. The average Bonchev–Trinajstić information content (AvgIpc) is 2.77. The van der Waals surface area contributed by atoms with E-state index in [1.54, 1.807) is 12.1 Å². The molecule has 1 N–H and O–H groups in total. The lowest BCUT2D eigenvalue weighted by molar-refractivity contribution is 0.102. The first-order chi connectivity index (χ1) is 14.1. The number of nitrogens with one attached hydrogen (secondary N) is 1. The molecule has 0 aliphatic carbocycles. The SMILES string of the molecule is O=C(Nc1ccc(F)c(Cl)c1)c1ccc(-c2cnc(N3CCCCC3)nc2)cc1. The number of piperidine rings is 1. The molecule has 0 atom stereocenters. The Morgan fingerprint density at radius 3 is 2.31 bits per heavy atom. The van der Waals surface area contributed by atoms with Crippen LogP contribution in [-0.2, 0) is 0 Å². The molecule has 1 aliphatic heterocycles. The fourth-order valence-corrected chi connectivity index (χ4v) is 3.50. The van der Waals surface area contributed by atoms with Crippen molar-refractivity contribution in [3.05, 3.63) is 71.3 Å². The number of carbonyl (C=O) groups is 1. The number of hydrogen-bond donors (Lipinski definition) is 1. The molecule has 0 bridgehead atoms. The summed E-state index contributed by atoms with van der Waals surface area (Å²) in [6.45, 7) is 2.00. The quantitative estimate of drug-likeness (QED) is 0.644. The van der Waals surface area contributed by atoms with Gasteiger partial charge in [0.15, 0.2) is 0 Å². The maximum Gasteiger partial charge on any atom is 0.255 e. The fraction of sp³-hybridized carbons (Fsp3) is 0.227. The average molecular weight is 411 g/mol. The number of aromatic nitrogens is 2. The first-order valence-electron chi connectivity index (χ1n) is 9.54. The molecule has 3 aromatic rings. The third-order valence-electron chi connectivity index (χ3n) is 4.94. The smallest absolute Gasteiger partial charge is 0.255 e. The Bertz CT molecular complexity index is 1000. The van der Waals surface area contributed by atoms with Crippen LogP contribution in [0.3, 0.4) is 0 Å². The van der Waals surface area contributed by atoms with E-state index in [0.717, 1.165) is 30.2 Å². The summed E-state index contributed by atoms with van der Waals surface area (Å²) >= 11 is 5.75. The number of rotatable bonds is 4. The molecular formula is C22H20ClFN4O. The molecule has 1 aliphatic rings. The Morgan fingerprint density at radius 1 is 0.966 bits per heavy atom. The van der Waals surface area contributed by atoms with Crippen molar-refractivity contribution in [2.45, 2.75) is 19.3 Å². The first kappa shape index (κ1) is 19.3. The van der Waals surface area contributed by atoms with Gasteiger partial charge in [-0.05, 0) is 55.2 Å². The molecule has 7 heteroatoms. The summed E-state index contributed by atoms with van der Waals surface area (Å²) in [6, 6.07) is 11.2. The highest BCUT2D eigenvalue weighted by Gasteiger charge is 2.13. The van der Waals surface area contributed by atoms with Crippen molar-refractivity contribution in [3.8, 4) is 11.1 Å². The third-order valence-corrected chi connectivity index (χ3v) is 5.22. The normalized spacial score (nSPS) is 13.9. The number of halogens is 2. The molecule has 2 heterocycles. The molecule has 0 unspecified atom stereocenters. The van der Waals surface area contributed by atoms with Gasteiger partial charge in [0, 0.05) is 42.3 Å². The molecule has 1 amide bonds. The standard InChI is InChI=1S/C22H20ClFN4O/c23-19-12-18(8-9-20(19)24)27-21(29)16-6-4-15(5-7-16)17-13-25-22(26-14-17)28-10-2-1-3-11-28/h4-9,12-14H,1-3,10-11H2,(H,27,29). The van der Waals surface area contributed by atoms with Crippen molar-refractivity contribution in [2.24, 2.45) is 0 Å². The lowest BCUT2D eigenvalue weighted by Gasteiger charge is -2.26. The van der Waals surface area contributed by atoms with Crippen LogP contribution in [-0.4, -0.2) is 29.0 Å². The zero-order chi connectivity index (χ0) is 20.2. The van der Waals surface area contributed by atoms with Gasteiger partial charge in [-0.15, -0.1) is 0 Å². The Labute approximate surface area is 173 Å². The number of benzene rings is 2. The Hall–Kier alpha value is -2.99. The van der Waals surface area contributed by atoms with Gasteiger partial charge < -0.3 is 10.2 Å². The maximum atomic E-state index is 13.2. The van der Waals surface area contributed by atoms with Crippen LogP contribution < -0.4 is 10.2 Å². The largest absolute Gasteiger partial charge is 0.341 e. The minimum Gasteiger partial charge on any atom is -0.341 e. The highest BCUT2D eigenvalue weighted by atomic mass is 35.5. The van der Waals surface area contributed by atoms with E-state index in [1.807, 2.05) is 24.5 Å². The van der Waals surface area contributed by atoms with Crippen molar-refractivity contribution < 1.29 is 9.18 Å². The van der Waals surface area contributed by atoms with E-state index in [4.69, 9.17) is 11.6 Å². The van der Waals surface area contributed by atoms with E-state index in [9.17, 15) is 9.18 Å². The molecule has 2 aromatic carbocycles. The second-order valence-corrected chi connectivity index (χ2v) is 7.39. The van der Waals surface area contributed by atoms with Gasteiger partial charge in [-0.3, -0.25) is 4.79 Å². The van der Waals surface area contributed by atoms with Gasteiger partial charge in [0.2, 0.25) is 5.95 Å². The monoisotopic (exact) mass is 410 g/mol. The topological polar surface area (TPSA) is 58.1 Å². The Morgan fingerprint density at radius 2 is 1.66 bits per heavy atom. The summed E-state index contributed by atoms with van der Waals surface area (Å²) in [7, 11) is 0. The van der Waals surface area contributed by atoms with E-state index >= 15 is 0 Å². The van der Waals surface area contributed by atoms with Crippen LogP contribution in [0.1, 0.15) is 29.6 Å². The Balaban J connectivity index is 1.44. The van der Waals surface area contributed by atoms with Crippen molar-refractivity contribution in [3.63, 3.8) is 0 Å². The van der Waals surface area contributed by atoms with Gasteiger partial charge in [0.25, 0.3) is 5.91 Å². The summed E-state index contributed by atoms with van der Waals surface area (Å²) in [5.74, 6) is -0.0547. The molecule has 0 radical (unpaired) electrons. The summed E-state index contributed by atoms with van der Waals surface area (Å²) in [5.41, 5.74) is 2.74. The molecule has 4 rings (SSSR count). The van der Waals surface area contributed by atoms with Crippen molar-refractivity contribution >= 4 is 29.1 Å². The van der Waals surface area contributed by atoms with E-state index in [0.29, 0.717) is 11.3 Å². The lowest BCUT2D eigenvalue weighted by Crippen LogP contribution is -2.30. The predicted octanol–water partition coefficient (Wildman–Crippen LogP) is 5.18. The van der Waals surface area contributed by atoms with Crippen LogP contribution in [0.5, 0.6) is 0 Å². The summed E-state index contributed by atoms with van der Waals surface area (Å²) < 4.78 is 13.2. The zero-order valence-corrected chi connectivity index (χ0v) is 16.5. The van der Waals surface area contributed by atoms with E-state index in [1.165, 1.54) is 37.5 Å². The van der Waals surface area contributed by atoms with Crippen LogP contribution in [0.4, 0.5) is 16.0 Å². The summed E-state index contributed by atoms with van der Waals surface area (Å²) in [4.78, 5) is 23.6. The van der Waals surface area contributed by atoms with Crippen LogP contribution in [0.25, 0.3) is 11.1 Å². The van der Waals surface area contributed by atoms with Gasteiger partial charge in [0.1, 0.15) is 5.82 Å². The summed E-state index contributed by atoms with van der Waals surface area (Å²) in [5, 5.41) is 2.67. The summed E-state index contributed by atoms with van der Waals surface area (Å²) in [6.07, 6.45) is 7.25. The molecule has 1 aromatic heterocycles. The molecular weight excluding hydrogens is 391 g/mol. The van der Waals surface area contributed by atoms with Crippen LogP contribution in [0.2, 0.25) is 5.02 Å². The van der Waals surface area contributed by atoms with E-state index in [-0.39, 0.29) is 10.9 Å². The lowest BCUT2D eigenvalue weighted by atomic mass is 10.1. The minimum atomic E-state index is -0.525. The highest BCUT2D eigenvalue weighted by Crippen LogP contribution is 2.23. The fourth-order valence-electron chi connectivity index (χ4n) is 3.32. The second kappa shape index (κ2) is 8.57. The number of carbonyl (C=O) groups excluding carboxylic acids is 1. The maximum absolute atomic E-state index is 13.2. The number of amides is 1. The molecule has 29 heavy (non-hydrogen) atoms. The number of hydrogen-bond acceptors (Lipinski definition) is 4. The van der Waals surface area contributed by atoms with Crippen LogP contribution >= 0.6 is 11.6 Å². The molecule has 148 valence electrons. The van der Waals surface area contributed by atoms with Gasteiger partial charge in [-0.25, -0.2) is 14.4 Å². The second-order valence-electron chi connectivity index (χ2n) is 6.98. The Kier molecular flexibility index (Phi) is 5.71. The van der Waals surface area contributed by atoms with Crippen LogP contribution in [0.15, 0.2) is 54.9 Å². The van der Waals surface area contributed by atoms with Crippen molar-refractivity contribution in [2.75, 3.05) is 23.3 Å². The molecule has 0 saturated carbocycles. The minimum absolute atomic E-state index is 0.0360. The third kappa shape index (κ3) is 4.54. The molecule has 1 saturated heterocycles. The first-order valence-corrected chi connectivity index (χ1v) is 9.92. The van der Waals surface area contributed by atoms with Gasteiger partial charge in [0.05, 0.1) is 5.02 Å². The van der Waals surface area contributed by atoms with E-state index in [2.05, 4.69) is 20.2 Å².